The van der Waals surface area contributed by atoms with E-state index in [2.05, 4.69) is 29.2 Å². The van der Waals surface area contributed by atoms with Gasteiger partial charge in [0.15, 0.2) is 0 Å². The van der Waals surface area contributed by atoms with Gasteiger partial charge in [0.1, 0.15) is 12.2 Å². The smallest absolute Gasteiger partial charge is 0.302 e. The molecule has 4 nitrogen and oxygen atoms in total. The van der Waals surface area contributed by atoms with Crippen LogP contribution >= 0.6 is 0 Å². The van der Waals surface area contributed by atoms with Crippen LogP contribution in [0.4, 0.5) is 0 Å². The highest BCUT2D eigenvalue weighted by Gasteiger charge is 2.40. The van der Waals surface area contributed by atoms with E-state index in [-0.39, 0.29) is 12.0 Å². The fraction of sp³-hybridized carbons (Fsp3) is 0.381. The molecule has 0 aromatic heterocycles. The maximum absolute atomic E-state index is 11.3. The minimum absolute atomic E-state index is 0.0234. The second-order valence-corrected chi connectivity index (χ2v) is 6.66. The molecular weight excluding hydrogens is 314 g/mol. The van der Waals surface area contributed by atoms with Gasteiger partial charge in [-0.3, -0.25) is 9.69 Å². The predicted octanol–water partition coefficient (Wildman–Crippen LogP) is 3.14. The minimum atomic E-state index is -0.656. The molecule has 1 N–H and O–H groups in total. The van der Waals surface area contributed by atoms with Gasteiger partial charge in [-0.05, 0) is 24.0 Å². The Morgan fingerprint density at radius 2 is 1.52 bits per heavy atom. The monoisotopic (exact) mass is 339 g/mol. The molecule has 1 aliphatic rings. The van der Waals surface area contributed by atoms with Crippen LogP contribution in [-0.4, -0.2) is 34.2 Å². The summed E-state index contributed by atoms with van der Waals surface area (Å²) in [5, 5.41) is 10.7. The van der Waals surface area contributed by atoms with Crippen molar-refractivity contribution in [2.75, 3.05) is 0 Å². The van der Waals surface area contributed by atoms with E-state index in [1.54, 1.807) is 0 Å². The molecule has 1 fully saturated rings. The van der Waals surface area contributed by atoms with Gasteiger partial charge in [0, 0.05) is 26.1 Å². The van der Waals surface area contributed by atoms with E-state index >= 15 is 0 Å². The molecule has 0 bridgehead atoms. The van der Waals surface area contributed by atoms with E-state index < -0.39 is 12.2 Å². The summed E-state index contributed by atoms with van der Waals surface area (Å²) in [7, 11) is 0. The van der Waals surface area contributed by atoms with Crippen LogP contribution in [0.15, 0.2) is 60.7 Å². The van der Waals surface area contributed by atoms with E-state index in [1.165, 1.54) is 18.1 Å². The molecule has 1 saturated carbocycles. The Balaban J connectivity index is 1.77. The molecule has 0 spiro atoms. The summed E-state index contributed by atoms with van der Waals surface area (Å²) in [6.07, 6.45) is 0.456. The van der Waals surface area contributed by atoms with Crippen LogP contribution in [0.3, 0.4) is 0 Å². The largest absolute Gasteiger partial charge is 0.460 e. The number of rotatable bonds is 6. The molecule has 4 heteroatoms. The molecule has 3 atom stereocenters. The van der Waals surface area contributed by atoms with Gasteiger partial charge in [0.25, 0.3) is 0 Å². The van der Waals surface area contributed by atoms with Crippen LogP contribution in [0, 0.1) is 0 Å². The van der Waals surface area contributed by atoms with Crippen molar-refractivity contribution in [3.63, 3.8) is 0 Å². The third-order valence-electron chi connectivity index (χ3n) is 4.77. The van der Waals surface area contributed by atoms with E-state index in [1.807, 2.05) is 36.4 Å². The molecule has 0 radical (unpaired) electrons. The zero-order chi connectivity index (χ0) is 17.6. The first kappa shape index (κ1) is 17.6. The van der Waals surface area contributed by atoms with Crippen molar-refractivity contribution in [2.45, 2.75) is 51.1 Å². The van der Waals surface area contributed by atoms with Gasteiger partial charge in [0.05, 0.1) is 0 Å². The van der Waals surface area contributed by atoms with Crippen LogP contribution < -0.4 is 0 Å². The number of hydrogen-bond acceptors (Lipinski definition) is 4. The molecule has 0 aliphatic heterocycles. The lowest BCUT2D eigenvalue weighted by Crippen LogP contribution is -2.43. The summed E-state index contributed by atoms with van der Waals surface area (Å²) in [4.78, 5) is 13.5. The van der Waals surface area contributed by atoms with Gasteiger partial charge in [-0.15, -0.1) is 0 Å². The fourth-order valence-corrected chi connectivity index (χ4v) is 3.59. The van der Waals surface area contributed by atoms with Crippen LogP contribution in [0.25, 0.3) is 0 Å². The van der Waals surface area contributed by atoms with Crippen molar-refractivity contribution in [3.8, 4) is 0 Å². The number of carbonyl (C=O) groups is 1. The quantitative estimate of drug-likeness (QED) is 0.822. The van der Waals surface area contributed by atoms with E-state index in [9.17, 15) is 9.90 Å². The summed E-state index contributed by atoms with van der Waals surface area (Å²) < 4.78 is 5.29. The Hall–Kier alpha value is -2.17. The zero-order valence-electron chi connectivity index (χ0n) is 14.5. The number of esters is 1. The summed E-state index contributed by atoms with van der Waals surface area (Å²) in [5.74, 6) is -0.331. The molecule has 0 saturated heterocycles. The zero-order valence-corrected chi connectivity index (χ0v) is 14.5. The van der Waals surface area contributed by atoms with Gasteiger partial charge >= 0.3 is 5.97 Å². The third kappa shape index (κ3) is 4.68. The Bertz CT molecular complexity index is 633. The minimum Gasteiger partial charge on any atom is -0.460 e. The molecule has 0 heterocycles. The number of aliphatic hydroxyl groups excluding tert-OH is 1. The Kier molecular flexibility index (Phi) is 5.84. The van der Waals surface area contributed by atoms with E-state index in [0.29, 0.717) is 6.42 Å². The second kappa shape index (κ2) is 8.28. The van der Waals surface area contributed by atoms with E-state index in [0.717, 1.165) is 19.5 Å². The van der Waals surface area contributed by atoms with Crippen molar-refractivity contribution in [2.24, 2.45) is 0 Å². The number of hydrogen-bond donors (Lipinski definition) is 1. The summed E-state index contributed by atoms with van der Waals surface area (Å²) >= 11 is 0. The Morgan fingerprint density at radius 3 is 2.00 bits per heavy atom. The highest BCUT2D eigenvalue weighted by Crippen LogP contribution is 2.29. The van der Waals surface area contributed by atoms with Crippen LogP contribution in [0.5, 0.6) is 0 Å². The highest BCUT2D eigenvalue weighted by atomic mass is 16.6. The van der Waals surface area contributed by atoms with Crippen LogP contribution in [0.1, 0.15) is 30.9 Å². The van der Waals surface area contributed by atoms with Gasteiger partial charge in [-0.2, -0.15) is 0 Å². The fourth-order valence-electron chi connectivity index (χ4n) is 3.59. The molecule has 3 unspecified atom stereocenters. The van der Waals surface area contributed by atoms with Crippen molar-refractivity contribution in [1.29, 1.82) is 0 Å². The van der Waals surface area contributed by atoms with Crippen molar-refractivity contribution >= 4 is 5.97 Å². The van der Waals surface area contributed by atoms with Gasteiger partial charge in [-0.1, -0.05) is 60.7 Å². The number of carbonyl (C=O) groups excluding carboxylic acids is 1. The lowest BCUT2D eigenvalue weighted by atomic mass is 10.1. The molecule has 3 rings (SSSR count). The molecule has 2 aromatic carbocycles. The van der Waals surface area contributed by atoms with Crippen molar-refractivity contribution < 1.29 is 14.6 Å². The molecule has 1 aliphatic carbocycles. The first-order valence-corrected chi connectivity index (χ1v) is 8.80. The standard InChI is InChI=1S/C21H25NO3/c1-16(23)25-20-13-12-19(21(20)24)22(14-17-8-4-2-5-9-17)15-18-10-6-3-7-11-18/h2-11,19-21,24H,12-15H2,1H3. The third-order valence-corrected chi connectivity index (χ3v) is 4.77. The van der Waals surface area contributed by atoms with Crippen molar-refractivity contribution in [1.82, 2.24) is 4.90 Å². The predicted molar refractivity (Wildman–Crippen MR) is 96.7 cm³/mol. The van der Waals surface area contributed by atoms with Crippen LogP contribution in [-0.2, 0) is 22.6 Å². The van der Waals surface area contributed by atoms with Gasteiger partial charge < -0.3 is 9.84 Å². The second-order valence-electron chi connectivity index (χ2n) is 6.66. The first-order chi connectivity index (χ1) is 12.1. The normalized spacial score (nSPS) is 22.9. The highest BCUT2D eigenvalue weighted by molar-refractivity contribution is 5.66. The topological polar surface area (TPSA) is 49.8 Å². The number of aliphatic hydroxyl groups is 1. The molecule has 25 heavy (non-hydrogen) atoms. The average molecular weight is 339 g/mol. The Labute approximate surface area is 149 Å². The van der Waals surface area contributed by atoms with Crippen molar-refractivity contribution in [3.05, 3.63) is 71.8 Å². The van der Waals surface area contributed by atoms with Gasteiger partial charge in [-0.25, -0.2) is 0 Å². The average Bonchev–Trinajstić information content (AvgIpc) is 2.96. The molecule has 2 aromatic rings. The lowest BCUT2D eigenvalue weighted by Gasteiger charge is -2.32. The lowest BCUT2D eigenvalue weighted by molar-refractivity contribution is -0.151. The maximum atomic E-state index is 11.3. The first-order valence-electron chi connectivity index (χ1n) is 8.80. The molecule has 132 valence electrons. The van der Waals surface area contributed by atoms with Gasteiger partial charge in [0.2, 0.25) is 0 Å². The maximum Gasteiger partial charge on any atom is 0.302 e. The number of nitrogens with zero attached hydrogens (tertiary/aromatic N) is 1. The van der Waals surface area contributed by atoms with Crippen LogP contribution in [0.2, 0.25) is 0 Å². The number of ether oxygens (including phenoxy) is 1. The number of benzene rings is 2. The summed E-state index contributed by atoms with van der Waals surface area (Å²) in [6, 6.07) is 20.5. The van der Waals surface area contributed by atoms with E-state index in [4.69, 9.17) is 4.74 Å². The summed E-state index contributed by atoms with van der Waals surface area (Å²) in [5.41, 5.74) is 2.42. The molecule has 0 amide bonds. The SMILES string of the molecule is CC(=O)OC1CCC(N(Cc2ccccc2)Cc2ccccc2)C1O. The summed E-state index contributed by atoms with van der Waals surface area (Å²) in [6.45, 7) is 2.90. The molecular formula is C21H25NO3. The Morgan fingerprint density at radius 1 is 1.00 bits per heavy atom.